The zero-order chi connectivity index (χ0) is 12.7. The van der Waals surface area contributed by atoms with Crippen molar-refractivity contribution >= 4 is 21.8 Å². The molecule has 1 aromatic rings. The molecule has 0 bridgehead atoms. The Labute approximate surface area is 108 Å². The molecule has 17 heavy (non-hydrogen) atoms. The third-order valence-electron chi connectivity index (χ3n) is 2.23. The molecule has 0 radical (unpaired) electrons. The first kappa shape index (κ1) is 13.9. The van der Waals surface area contributed by atoms with E-state index >= 15 is 0 Å². The molecule has 6 heteroatoms. The van der Waals surface area contributed by atoms with Crippen LogP contribution < -0.4 is 5.56 Å². The standard InChI is InChI=1S/C11H15BrN2O3/c1-17-7-6-14(5-3-12)11(16)9-2-4-13-10(15)8-9/h2,4,8H,3,5-7H2,1H3,(H,13,15). The summed E-state index contributed by atoms with van der Waals surface area (Å²) in [6.45, 7) is 1.56. The molecule has 0 unspecified atom stereocenters. The first-order chi connectivity index (χ1) is 8.19. The van der Waals surface area contributed by atoms with E-state index in [1.54, 1.807) is 18.1 Å². The zero-order valence-corrected chi connectivity index (χ0v) is 11.2. The molecule has 0 saturated heterocycles. The number of rotatable bonds is 6. The number of halogens is 1. The molecule has 0 aliphatic rings. The van der Waals surface area contributed by atoms with E-state index < -0.39 is 0 Å². The lowest BCUT2D eigenvalue weighted by Crippen LogP contribution is -2.35. The molecule has 5 nitrogen and oxygen atoms in total. The second kappa shape index (κ2) is 7.24. The van der Waals surface area contributed by atoms with Gasteiger partial charge in [0.15, 0.2) is 0 Å². The van der Waals surface area contributed by atoms with Crippen LogP contribution in [0.5, 0.6) is 0 Å². The number of alkyl halides is 1. The van der Waals surface area contributed by atoms with Crippen molar-refractivity contribution in [2.45, 2.75) is 0 Å². The number of hydrogen-bond acceptors (Lipinski definition) is 3. The summed E-state index contributed by atoms with van der Waals surface area (Å²) >= 11 is 3.29. The van der Waals surface area contributed by atoms with Crippen molar-refractivity contribution in [3.05, 3.63) is 34.2 Å². The van der Waals surface area contributed by atoms with Crippen LogP contribution in [-0.4, -0.2) is 47.9 Å². The molecule has 0 aliphatic carbocycles. The molecule has 0 atom stereocenters. The van der Waals surface area contributed by atoms with E-state index in [9.17, 15) is 9.59 Å². The summed E-state index contributed by atoms with van der Waals surface area (Å²) in [5.41, 5.74) is 0.118. The fraction of sp³-hybridized carbons (Fsp3) is 0.455. The van der Waals surface area contributed by atoms with Crippen molar-refractivity contribution in [2.24, 2.45) is 0 Å². The van der Waals surface area contributed by atoms with E-state index in [0.29, 0.717) is 30.6 Å². The highest BCUT2D eigenvalue weighted by Gasteiger charge is 2.14. The molecule has 1 rings (SSSR count). The van der Waals surface area contributed by atoms with Crippen LogP contribution in [0.3, 0.4) is 0 Å². The number of ether oxygens (including phenoxy) is 1. The fourth-order valence-corrected chi connectivity index (χ4v) is 1.81. The van der Waals surface area contributed by atoms with E-state index in [1.165, 1.54) is 12.3 Å². The first-order valence-corrected chi connectivity index (χ1v) is 6.34. The van der Waals surface area contributed by atoms with Crippen LogP contribution in [0, 0.1) is 0 Å². The number of carbonyl (C=O) groups is 1. The highest BCUT2D eigenvalue weighted by Crippen LogP contribution is 2.02. The predicted octanol–water partition coefficient (Wildman–Crippen LogP) is 0.858. The van der Waals surface area contributed by atoms with Gasteiger partial charge in [0.05, 0.1) is 6.61 Å². The summed E-state index contributed by atoms with van der Waals surface area (Å²) in [6, 6.07) is 2.90. The number of pyridine rings is 1. The smallest absolute Gasteiger partial charge is 0.254 e. The zero-order valence-electron chi connectivity index (χ0n) is 9.61. The number of amides is 1. The van der Waals surface area contributed by atoms with Crippen LogP contribution in [0.15, 0.2) is 23.1 Å². The maximum atomic E-state index is 12.1. The predicted molar refractivity (Wildman–Crippen MR) is 68.6 cm³/mol. The molecule has 0 spiro atoms. The summed E-state index contributed by atoms with van der Waals surface area (Å²) < 4.78 is 4.95. The number of nitrogens with one attached hydrogen (secondary N) is 1. The van der Waals surface area contributed by atoms with Gasteiger partial charge in [-0.15, -0.1) is 0 Å². The Morgan fingerprint density at radius 2 is 2.29 bits per heavy atom. The number of aromatic nitrogens is 1. The number of aromatic amines is 1. The quantitative estimate of drug-likeness (QED) is 0.793. The summed E-state index contributed by atoms with van der Waals surface area (Å²) in [7, 11) is 1.59. The van der Waals surface area contributed by atoms with Gasteiger partial charge in [-0.05, 0) is 6.07 Å². The minimum Gasteiger partial charge on any atom is -0.383 e. The Morgan fingerprint density at radius 3 is 2.88 bits per heavy atom. The van der Waals surface area contributed by atoms with Crippen molar-refractivity contribution < 1.29 is 9.53 Å². The van der Waals surface area contributed by atoms with Gasteiger partial charge in [0.2, 0.25) is 5.56 Å². The first-order valence-electron chi connectivity index (χ1n) is 5.22. The topological polar surface area (TPSA) is 62.4 Å². The minimum atomic E-state index is -0.276. The number of H-pyrrole nitrogens is 1. The highest BCUT2D eigenvalue weighted by atomic mass is 79.9. The summed E-state index contributed by atoms with van der Waals surface area (Å²) in [6.07, 6.45) is 1.47. The van der Waals surface area contributed by atoms with E-state index in [1.807, 2.05) is 0 Å². The Hall–Kier alpha value is -1.14. The molecule has 1 aromatic heterocycles. The van der Waals surface area contributed by atoms with E-state index in [0.717, 1.165) is 0 Å². The Morgan fingerprint density at radius 1 is 1.53 bits per heavy atom. The lowest BCUT2D eigenvalue weighted by Gasteiger charge is -2.21. The maximum Gasteiger partial charge on any atom is 0.254 e. The van der Waals surface area contributed by atoms with Crippen LogP contribution in [0.2, 0.25) is 0 Å². The highest BCUT2D eigenvalue weighted by molar-refractivity contribution is 9.09. The van der Waals surface area contributed by atoms with Gasteiger partial charge in [0.25, 0.3) is 5.91 Å². The summed E-state index contributed by atoms with van der Waals surface area (Å²) in [4.78, 5) is 27.3. The molecule has 0 saturated carbocycles. The lowest BCUT2D eigenvalue weighted by molar-refractivity contribution is 0.0708. The van der Waals surface area contributed by atoms with Crippen LogP contribution in [-0.2, 0) is 4.74 Å². The fourth-order valence-electron chi connectivity index (χ4n) is 1.38. The molecular weight excluding hydrogens is 288 g/mol. The van der Waals surface area contributed by atoms with Crippen molar-refractivity contribution in [1.29, 1.82) is 0 Å². The van der Waals surface area contributed by atoms with Crippen LogP contribution in [0.1, 0.15) is 10.4 Å². The molecule has 1 amide bonds. The van der Waals surface area contributed by atoms with Gasteiger partial charge in [0, 0.05) is 43.4 Å². The van der Waals surface area contributed by atoms with Crippen molar-refractivity contribution in [2.75, 3.05) is 32.1 Å². The molecule has 94 valence electrons. The van der Waals surface area contributed by atoms with Crippen molar-refractivity contribution in [3.8, 4) is 0 Å². The number of methoxy groups -OCH3 is 1. The van der Waals surface area contributed by atoms with Crippen LogP contribution in [0.25, 0.3) is 0 Å². The molecular formula is C11H15BrN2O3. The average molecular weight is 303 g/mol. The van der Waals surface area contributed by atoms with Gasteiger partial charge in [-0.2, -0.15) is 0 Å². The average Bonchev–Trinajstić information content (AvgIpc) is 2.33. The Bertz CT molecular complexity index is 419. The minimum absolute atomic E-state index is 0.160. The molecule has 0 fully saturated rings. The Kier molecular flexibility index (Phi) is 5.93. The number of carbonyl (C=O) groups excluding carboxylic acids is 1. The van der Waals surface area contributed by atoms with Gasteiger partial charge in [0.1, 0.15) is 0 Å². The SMILES string of the molecule is COCCN(CCBr)C(=O)c1cc[nH]c(=O)c1. The van der Waals surface area contributed by atoms with Gasteiger partial charge in [-0.3, -0.25) is 9.59 Å². The van der Waals surface area contributed by atoms with Crippen LogP contribution in [0.4, 0.5) is 0 Å². The van der Waals surface area contributed by atoms with Gasteiger partial charge in [-0.25, -0.2) is 0 Å². The molecule has 1 heterocycles. The van der Waals surface area contributed by atoms with Gasteiger partial charge < -0.3 is 14.6 Å². The lowest BCUT2D eigenvalue weighted by atomic mass is 10.2. The second-order valence-electron chi connectivity index (χ2n) is 3.42. The van der Waals surface area contributed by atoms with Crippen molar-refractivity contribution in [1.82, 2.24) is 9.88 Å². The second-order valence-corrected chi connectivity index (χ2v) is 4.21. The number of nitrogens with zero attached hydrogens (tertiary/aromatic N) is 1. The molecule has 0 aromatic carbocycles. The Balaban J connectivity index is 2.79. The van der Waals surface area contributed by atoms with Gasteiger partial charge >= 0.3 is 0 Å². The molecule has 1 N–H and O–H groups in total. The van der Waals surface area contributed by atoms with E-state index in [4.69, 9.17) is 4.74 Å². The maximum absolute atomic E-state index is 12.1. The summed E-state index contributed by atoms with van der Waals surface area (Å²) in [5, 5.41) is 0.686. The third-order valence-corrected chi connectivity index (χ3v) is 2.58. The normalized spacial score (nSPS) is 10.2. The number of hydrogen-bond donors (Lipinski definition) is 1. The largest absolute Gasteiger partial charge is 0.383 e. The van der Waals surface area contributed by atoms with Gasteiger partial charge in [-0.1, -0.05) is 15.9 Å². The third kappa shape index (κ3) is 4.32. The summed E-state index contributed by atoms with van der Waals surface area (Å²) in [5.74, 6) is -0.160. The van der Waals surface area contributed by atoms with E-state index in [2.05, 4.69) is 20.9 Å². The molecule has 0 aliphatic heterocycles. The van der Waals surface area contributed by atoms with E-state index in [-0.39, 0.29) is 11.5 Å². The van der Waals surface area contributed by atoms with Crippen LogP contribution >= 0.6 is 15.9 Å². The monoisotopic (exact) mass is 302 g/mol. The van der Waals surface area contributed by atoms with Crippen molar-refractivity contribution in [3.63, 3.8) is 0 Å².